The summed E-state index contributed by atoms with van der Waals surface area (Å²) in [5.41, 5.74) is 2.63. The maximum Gasteiger partial charge on any atom is 0.286 e. The van der Waals surface area contributed by atoms with Crippen molar-refractivity contribution in [3.05, 3.63) is 87.7 Å². The highest BCUT2D eigenvalue weighted by Gasteiger charge is 2.21. The van der Waals surface area contributed by atoms with Crippen LogP contribution in [0, 0.1) is 0 Å². The number of benzene rings is 2. The first-order valence-electron chi connectivity index (χ1n) is 8.88. The Kier molecular flexibility index (Phi) is 4.54. The Hall–Kier alpha value is -2.92. The second kappa shape index (κ2) is 7.00. The zero-order valence-corrected chi connectivity index (χ0v) is 15.9. The van der Waals surface area contributed by atoms with Crippen LogP contribution in [0.3, 0.4) is 0 Å². The van der Waals surface area contributed by atoms with Crippen LogP contribution in [0.2, 0.25) is 5.02 Å². The first-order chi connectivity index (χ1) is 13.1. The summed E-state index contributed by atoms with van der Waals surface area (Å²) in [6, 6.07) is 17.3. The first-order valence-corrected chi connectivity index (χ1v) is 9.26. The number of aromatic nitrogens is 4. The molecule has 27 heavy (non-hydrogen) atoms. The average molecular weight is 379 g/mol. The van der Waals surface area contributed by atoms with Gasteiger partial charge in [-0.2, -0.15) is 0 Å². The molecule has 0 N–H and O–H groups in total. The van der Waals surface area contributed by atoms with Crippen LogP contribution in [-0.4, -0.2) is 19.1 Å². The molecule has 0 spiro atoms. The number of rotatable bonds is 4. The Morgan fingerprint density at radius 2 is 1.78 bits per heavy atom. The van der Waals surface area contributed by atoms with E-state index in [0.29, 0.717) is 28.6 Å². The molecular formula is C21H19ClN4O. The maximum atomic E-state index is 13.3. The molecule has 1 unspecified atom stereocenters. The fourth-order valence-electron chi connectivity index (χ4n) is 3.26. The van der Waals surface area contributed by atoms with Crippen LogP contribution < -0.4 is 5.56 Å². The lowest BCUT2D eigenvalue weighted by atomic mass is 10.00. The van der Waals surface area contributed by atoms with Gasteiger partial charge in [0.25, 0.3) is 5.56 Å². The Morgan fingerprint density at radius 3 is 2.44 bits per heavy atom. The minimum absolute atomic E-state index is 0.0702. The van der Waals surface area contributed by atoms with Gasteiger partial charge in [-0.1, -0.05) is 48.9 Å². The van der Waals surface area contributed by atoms with E-state index in [4.69, 9.17) is 16.6 Å². The minimum Gasteiger partial charge on any atom is -0.315 e. The molecule has 1 atom stereocenters. The third-order valence-corrected chi connectivity index (χ3v) is 5.03. The highest BCUT2D eigenvalue weighted by Crippen LogP contribution is 2.25. The van der Waals surface area contributed by atoms with Crippen molar-refractivity contribution in [2.24, 2.45) is 0 Å². The fourth-order valence-corrected chi connectivity index (χ4v) is 3.39. The Balaban J connectivity index is 2.03. The molecule has 0 saturated heterocycles. The normalized spacial score (nSPS) is 12.4. The third kappa shape index (κ3) is 3.04. The van der Waals surface area contributed by atoms with Gasteiger partial charge < -0.3 is 4.57 Å². The molecule has 4 aromatic rings. The number of aryl methyl sites for hydroxylation is 1. The van der Waals surface area contributed by atoms with Crippen molar-refractivity contribution >= 4 is 22.8 Å². The van der Waals surface area contributed by atoms with Crippen LogP contribution in [0.4, 0.5) is 0 Å². The Labute approximate surface area is 161 Å². The second-order valence-corrected chi connectivity index (χ2v) is 6.86. The number of hydrogen-bond donors (Lipinski definition) is 0. The Morgan fingerprint density at radius 1 is 1.07 bits per heavy atom. The average Bonchev–Trinajstić information content (AvgIpc) is 3.12. The van der Waals surface area contributed by atoms with Crippen LogP contribution in [0.25, 0.3) is 16.9 Å². The van der Waals surface area contributed by atoms with Crippen molar-refractivity contribution < 1.29 is 0 Å². The molecule has 0 fully saturated rings. The third-order valence-electron chi connectivity index (χ3n) is 4.78. The number of nitrogens with zero attached hydrogens (tertiary/aromatic N) is 4. The van der Waals surface area contributed by atoms with Gasteiger partial charge >= 0.3 is 0 Å². The molecule has 0 radical (unpaired) electrons. The van der Waals surface area contributed by atoms with Crippen molar-refractivity contribution in [2.75, 3.05) is 0 Å². The molecule has 5 nitrogen and oxygen atoms in total. The van der Waals surface area contributed by atoms with E-state index in [1.807, 2.05) is 54.0 Å². The summed E-state index contributed by atoms with van der Waals surface area (Å²) in [6.45, 7) is 4.77. The van der Waals surface area contributed by atoms with E-state index in [2.05, 4.69) is 11.9 Å². The van der Waals surface area contributed by atoms with E-state index in [1.54, 1.807) is 23.0 Å². The van der Waals surface area contributed by atoms with E-state index in [9.17, 15) is 4.79 Å². The first kappa shape index (κ1) is 17.5. The molecule has 0 aliphatic heterocycles. The van der Waals surface area contributed by atoms with E-state index < -0.39 is 0 Å². The molecule has 0 saturated carbocycles. The molecule has 2 aromatic heterocycles. The summed E-state index contributed by atoms with van der Waals surface area (Å²) in [5, 5.41) is 0.619. The van der Waals surface area contributed by atoms with Crippen molar-refractivity contribution in [2.45, 2.75) is 26.3 Å². The number of hydrogen-bond acceptors (Lipinski definition) is 3. The van der Waals surface area contributed by atoms with Crippen LogP contribution >= 0.6 is 11.6 Å². The van der Waals surface area contributed by atoms with Crippen molar-refractivity contribution in [1.29, 1.82) is 0 Å². The van der Waals surface area contributed by atoms with Crippen molar-refractivity contribution in [3.63, 3.8) is 0 Å². The topological polar surface area (TPSA) is 52.7 Å². The number of fused-ring (bicyclic) bond motifs is 1. The quantitative estimate of drug-likeness (QED) is 0.528. The van der Waals surface area contributed by atoms with Gasteiger partial charge in [0.15, 0.2) is 11.2 Å². The molecule has 0 aliphatic rings. The van der Waals surface area contributed by atoms with Gasteiger partial charge in [0.2, 0.25) is 0 Å². The van der Waals surface area contributed by atoms with Gasteiger partial charge in [-0.05, 0) is 36.8 Å². The zero-order valence-electron chi connectivity index (χ0n) is 15.1. The summed E-state index contributed by atoms with van der Waals surface area (Å²) in [5.74, 6) is 0.607. The maximum absolute atomic E-state index is 13.3. The number of halogens is 1. The summed E-state index contributed by atoms with van der Waals surface area (Å²) in [4.78, 5) is 22.5. The predicted octanol–water partition coefficient (Wildman–Crippen LogP) is 4.41. The van der Waals surface area contributed by atoms with Gasteiger partial charge in [-0.3, -0.25) is 9.36 Å². The fraction of sp³-hybridized carbons (Fsp3) is 0.190. The van der Waals surface area contributed by atoms with Crippen molar-refractivity contribution in [1.82, 2.24) is 19.1 Å². The van der Waals surface area contributed by atoms with Crippen molar-refractivity contribution in [3.8, 4) is 5.69 Å². The van der Waals surface area contributed by atoms with E-state index in [0.717, 1.165) is 11.3 Å². The SMILES string of the molecule is CCn1cnc2c(=O)n(-c3ccc(Cl)cc3)c(C(C)c3ccccc3)nc21. The zero-order chi connectivity index (χ0) is 19.0. The minimum atomic E-state index is -0.174. The predicted molar refractivity (Wildman–Crippen MR) is 108 cm³/mol. The Bertz CT molecular complexity index is 1150. The van der Waals surface area contributed by atoms with Crippen LogP contribution in [-0.2, 0) is 6.54 Å². The molecule has 136 valence electrons. The summed E-state index contributed by atoms with van der Waals surface area (Å²) in [7, 11) is 0. The lowest BCUT2D eigenvalue weighted by Gasteiger charge is -2.18. The summed E-state index contributed by atoms with van der Waals surface area (Å²) >= 11 is 6.04. The highest BCUT2D eigenvalue weighted by atomic mass is 35.5. The molecule has 6 heteroatoms. The molecule has 2 aromatic carbocycles. The molecule has 0 amide bonds. The lowest BCUT2D eigenvalue weighted by molar-refractivity contribution is 0.731. The smallest absolute Gasteiger partial charge is 0.286 e. The second-order valence-electron chi connectivity index (χ2n) is 6.42. The van der Waals surface area contributed by atoms with Crippen LogP contribution in [0.1, 0.15) is 31.2 Å². The largest absolute Gasteiger partial charge is 0.315 e. The monoisotopic (exact) mass is 378 g/mol. The van der Waals surface area contributed by atoms with Gasteiger partial charge in [0, 0.05) is 17.5 Å². The van der Waals surface area contributed by atoms with Gasteiger partial charge in [0.1, 0.15) is 5.82 Å². The lowest BCUT2D eigenvalue weighted by Crippen LogP contribution is -2.26. The van der Waals surface area contributed by atoms with Crippen LogP contribution in [0.5, 0.6) is 0 Å². The van der Waals surface area contributed by atoms with E-state index in [-0.39, 0.29) is 11.5 Å². The standard InChI is InChI=1S/C21H19ClN4O/c1-3-25-13-23-18-20(25)24-19(14(2)15-7-5-4-6-8-15)26(21(18)27)17-11-9-16(22)10-12-17/h4-14H,3H2,1-2H3. The molecule has 0 aliphatic carbocycles. The highest BCUT2D eigenvalue weighted by molar-refractivity contribution is 6.30. The van der Waals surface area contributed by atoms with E-state index >= 15 is 0 Å². The van der Waals surface area contributed by atoms with E-state index in [1.165, 1.54) is 0 Å². The van der Waals surface area contributed by atoms with Gasteiger partial charge in [-0.15, -0.1) is 0 Å². The molecule has 0 bridgehead atoms. The molecular weight excluding hydrogens is 360 g/mol. The number of imidazole rings is 1. The summed E-state index contributed by atoms with van der Waals surface area (Å²) < 4.78 is 3.54. The molecule has 4 rings (SSSR count). The van der Waals surface area contributed by atoms with Gasteiger partial charge in [0.05, 0.1) is 12.0 Å². The van der Waals surface area contributed by atoms with Crippen LogP contribution in [0.15, 0.2) is 65.7 Å². The summed E-state index contributed by atoms with van der Waals surface area (Å²) in [6.07, 6.45) is 1.67. The molecule has 2 heterocycles. The van der Waals surface area contributed by atoms with Gasteiger partial charge in [-0.25, -0.2) is 9.97 Å².